The summed E-state index contributed by atoms with van der Waals surface area (Å²) in [6.07, 6.45) is 7.97. The van der Waals surface area contributed by atoms with Crippen molar-refractivity contribution in [2.24, 2.45) is 10.9 Å². The van der Waals surface area contributed by atoms with E-state index in [1.165, 1.54) is 36.6 Å². The third kappa shape index (κ3) is 4.96. The molecule has 20 heavy (non-hydrogen) atoms. The number of thioether (sulfide) groups is 1. The summed E-state index contributed by atoms with van der Waals surface area (Å²) >= 11 is 1.93. The van der Waals surface area contributed by atoms with Gasteiger partial charge in [-0.1, -0.05) is 18.7 Å². The Bertz CT molecular complexity index is 322. The monoisotopic (exact) mass is 298 g/mol. The van der Waals surface area contributed by atoms with Crippen molar-refractivity contribution in [2.45, 2.75) is 70.9 Å². The molecule has 0 bridgehead atoms. The van der Waals surface area contributed by atoms with Crippen LogP contribution in [-0.2, 0) is 4.74 Å². The highest BCUT2D eigenvalue weighted by Gasteiger charge is 2.39. The topological polar surface area (TPSA) is 33.6 Å². The lowest BCUT2D eigenvalue weighted by atomic mass is 9.78. The number of rotatable bonds is 6. The minimum atomic E-state index is 0.349. The Labute approximate surface area is 128 Å². The molecule has 2 aliphatic rings. The van der Waals surface area contributed by atoms with Crippen molar-refractivity contribution in [3.63, 3.8) is 0 Å². The zero-order chi connectivity index (χ0) is 14.4. The maximum Gasteiger partial charge on any atom is 0.157 e. The van der Waals surface area contributed by atoms with Gasteiger partial charge in [-0.15, -0.1) is 0 Å². The Morgan fingerprint density at radius 2 is 2.10 bits per heavy atom. The highest BCUT2D eigenvalue weighted by Crippen LogP contribution is 2.38. The number of unbranched alkanes of at least 4 members (excludes halogenated alkanes) is 1. The first kappa shape index (κ1) is 16.2. The summed E-state index contributed by atoms with van der Waals surface area (Å²) in [6.45, 7) is 8.35. The average molecular weight is 298 g/mol. The Kier molecular flexibility index (Phi) is 6.21. The molecule has 1 N–H and O–H groups in total. The van der Waals surface area contributed by atoms with E-state index in [-0.39, 0.29) is 0 Å². The first-order valence-electron chi connectivity index (χ1n) is 8.17. The SMILES string of the molecule is CC1CCC2(CC1)CSC(=NCCCCOC(C)C)N2. The lowest BCUT2D eigenvalue weighted by molar-refractivity contribution is 0.0764. The number of ether oxygens (including phenoxy) is 1. The zero-order valence-electron chi connectivity index (χ0n) is 13.3. The molecule has 0 radical (unpaired) electrons. The van der Waals surface area contributed by atoms with Crippen LogP contribution < -0.4 is 5.32 Å². The minimum absolute atomic E-state index is 0.349. The number of aliphatic imine (C=N–C) groups is 1. The van der Waals surface area contributed by atoms with Crippen molar-refractivity contribution in [3.8, 4) is 0 Å². The highest BCUT2D eigenvalue weighted by molar-refractivity contribution is 8.14. The minimum Gasteiger partial charge on any atom is -0.379 e. The third-order valence-corrected chi connectivity index (χ3v) is 5.55. The molecule has 1 saturated heterocycles. The van der Waals surface area contributed by atoms with E-state index in [0.717, 1.165) is 31.9 Å². The molecule has 4 heteroatoms. The quantitative estimate of drug-likeness (QED) is 0.757. The first-order chi connectivity index (χ1) is 9.60. The van der Waals surface area contributed by atoms with E-state index in [2.05, 4.69) is 26.1 Å². The van der Waals surface area contributed by atoms with Gasteiger partial charge in [0.15, 0.2) is 5.17 Å². The summed E-state index contributed by atoms with van der Waals surface area (Å²) in [5.41, 5.74) is 0.372. The number of amidine groups is 1. The van der Waals surface area contributed by atoms with Crippen molar-refractivity contribution < 1.29 is 4.74 Å². The smallest absolute Gasteiger partial charge is 0.157 e. The second-order valence-corrected chi connectivity index (χ2v) is 7.65. The maximum atomic E-state index is 5.54. The van der Waals surface area contributed by atoms with Gasteiger partial charge in [0.1, 0.15) is 0 Å². The number of nitrogens with one attached hydrogen (secondary N) is 1. The molecule has 1 spiro atoms. The van der Waals surface area contributed by atoms with E-state index >= 15 is 0 Å². The molecular formula is C16H30N2OS. The van der Waals surface area contributed by atoms with Gasteiger partial charge in [0, 0.05) is 24.4 Å². The van der Waals surface area contributed by atoms with Gasteiger partial charge in [-0.2, -0.15) is 0 Å². The van der Waals surface area contributed by atoms with E-state index in [9.17, 15) is 0 Å². The second kappa shape index (κ2) is 7.69. The molecule has 2 fully saturated rings. The van der Waals surface area contributed by atoms with Gasteiger partial charge < -0.3 is 10.1 Å². The number of nitrogens with zero attached hydrogens (tertiary/aromatic N) is 1. The molecule has 2 rings (SSSR count). The molecule has 0 aromatic heterocycles. The predicted octanol–water partition coefficient (Wildman–Crippen LogP) is 3.83. The Morgan fingerprint density at radius 1 is 1.35 bits per heavy atom. The highest BCUT2D eigenvalue weighted by atomic mass is 32.2. The molecule has 0 unspecified atom stereocenters. The van der Waals surface area contributed by atoms with Crippen molar-refractivity contribution >= 4 is 16.9 Å². The molecule has 1 heterocycles. The van der Waals surface area contributed by atoms with Gasteiger partial charge in [-0.3, -0.25) is 4.99 Å². The van der Waals surface area contributed by atoms with Crippen molar-refractivity contribution in [1.29, 1.82) is 0 Å². The fourth-order valence-electron chi connectivity index (χ4n) is 2.89. The van der Waals surface area contributed by atoms with Gasteiger partial charge in [0.25, 0.3) is 0 Å². The van der Waals surface area contributed by atoms with E-state index < -0.39 is 0 Å². The van der Waals surface area contributed by atoms with Crippen LogP contribution in [0, 0.1) is 5.92 Å². The summed E-state index contributed by atoms with van der Waals surface area (Å²) in [5.74, 6) is 2.13. The maximum absolute atomic E-state index is 5.54. The summed E-state index contributed by atoms with van der Waals surface area (Å²) < 4.78 is 5.54. The summed E-state index contributed by atoms with van der Waals surface area (Å²) in [7, 11) is 0. The van der Waals surface area contributed by atoms with Crippen LogP contribution in [-0.4, -0.2) is 35.7 Å². The predicted molar refractivity (Wildman–Crippen MR) is 88.6 cm³/mol. The van der Waals surface area contributed by atoms with Crippen LogP contribution in [0.1, 0.15) is 59.3 Å². The average Bonchev–Trinajstić information content (AvgIpc) is 2.81. The van der Waals surface area contributed by atoms with Crippen molar-refractivity contribution in [1.82, 2.24) is 5.32 Å². The summed E-state index contributed by atoms with van der Waals surface area (Å²) in [4.78, 5) is 4.72. The molecule has 0 aromatic rings. The van der Waals surface area contributed by atoms with Gasteiger partial charge in [-0.05, 0) is 58.3 Å². The molecule has 1 saturated carbocycles. The third-order valence-electron chi connectivity index (χ3n) is 4.35. The van der Waals surface area contributed by atoms with Gasteiger partial charge in [-0.25, -0.2) is 0 Å². The molecule has 3 nitrogen and oxygen atoms in total. The van der Waals surface area contributed by atoms with Gasteiger partial charge >= 0.3 is 0 Å². The molecule has 1 aliphatic carbocycles. The van der Waals surface area contributed by atoms with Crippen LogP contribution in [0.4, 0.5) is 0 Å². The van der Waals surface area contributed by atoms with E-state index in [4.69, 9.17) is 9.73 Å². The van der Waals surface area contributed by atoms with E-state index in [1.807, 2.05) is 11.8 Å². The fraction of sp³-hybridized carbons (Fsp3) is 0.938. The molecular weight excluding hydrogens is 268 g/mol. The first-order valence-corrected chi connectivity index (χ1v) is 9.15. The Hall–Kier alpha value is -0.220. The van der Waals surface area contributed by atoms with Gasteiger partial charge in [0.05, 0.1) is 6.10 Å². The summed E-state index contributed by atoms with van der Waals surface area (Å²) in [6, 6.07) is 0. The van der Waals surface area contributed by atoms with Crippen LogP contribution in [0.15, 0.2) is 4.99 Å². The van der Waals surface area contributed by atoms with Crippen LogP contribution in [0.2, 0.25) is 0 Å². The van der Waals surface area contributed by atoms with Crippen LogP contribution >= 0.6 is 11.8 Å². The van der Waals surface area contributed by atoms with Crippen molar-refractivity contribution in [2.75, 3.05) is 18.9 Å². The van der Waals surface area contributed by atoms with Crippen LogP contribution in [0.5, 0.6) is 0 Å². The van der Waals surface area contributed by atoms with Crippen LogP contribution in [0.25, 0.3) is 0 Å². The zero-order valence-corrected chi connectivity index (χ0v) is 14.1. The number of hydrogen-bond acceptors (Lipinski definition) is 3. The normalized spacial score (nSPS) is 32.2. The number of hydrogen-bond donors (Lipinski definition) is 1. The lowest BCUT2D eigenvalue weighted by Crippen LogP contribution is -2.46. The Morgan fingerprint density at radius 3 is 2.80 bits per heavy atom. The molecule has 0 atom stereocenters. The second-order valence-electron chi connectivity index (χ2n) is 6.69. The standard InChI is InChI=1S/C16H30N2OS/c1-13(2)19-11-5-4-10-17-15-18-16(12-20-15)8-6-14(3)7-9-16/h13-14H,4-12H2,1-3H3,(H,17,18). The Balaban J connectivity index is 1.64. The summed E-state index contributed by atoms with van der Waals surface area (Å²) in [5, 5.41) is 4.90. The van der Waals surface area contributed by atoms with E-state index in [1.54, 1.807) is 0 Å². The van der Waals surface area contributed by atoms with Gasteiger partial charge in [0.2, 0.25) is 0 Å². The molecule has 0 aromatic carbocycles. The largest absolute Gasteiger partial charge is 0.379 e. The molecule has 1 aliphatic heterocycles. The molecule has 0 amide bonds. The van der Waals surface area contributed by atoms with E-state index in [0.29, 0.717) is 11.6 Å². The molecule has 116 valence electrons. The van der Waals surface area contributed by atoms with Crippen molar-refractivity contribution in [3.05, 3.63) is 0 Å². The van der Waals surface area contributed by atoms with Crippen LogP contribution in [0.3, 0.4) is 0 Å². The lowest BCUT2D eigenvalue weighted by Gasteiger charge is -2.35. The fourth-order valence-corrected chi connectivity index (χ4v) is 4.13.